The van der Waals surface area contributed by atoms with Crippen LogP contribution in [-0.4, -0.2) is 24.7 Å². The molecule has 0 aliphatic carbocycles. The summed E-state index contributed by atoms with van der Waals surface area (Å²) in [6.07, 6.45) is 1.98. The van der Waals surface area contributed by atoms with Crippen molar-refractivity contribution in [1.29, 1.82) is 0 Å². The van der Waals surface area contributed by atoms with Gasteiger partial charge in [0.2, 0.25) is 0 Å². The van der Waals surface area contributed by atoms with E-state index in [1.807, 2.05) is 46.7 Å². The number of anilines is 1. The summed E-state index contributed by atoms with van der Waals surface area (Å²) in [5.74, 6) is 0. The highest BCUT2D eigenvalue weighted by molar-refractivity contribution is 7.80. The highest BCUT2D eigenvalue weighted by Crippen LogP contribution is 2.21. The van der Waals surface area contributed by atoms with Gasteiger partial charge in [-0.1, -0.05) is 30.3 Å². The molecule has 1 unspecified atom stereocenters. The van der Waals surface area contributed by atoms with Crippen molar-refractivity contribution in [3.8, 4) is 0 Å². The van der Waals surface area contributed by atoms with E-state index in [-0.39, 0.29) is 6.04 Å². The van der Waals surface area contributed by atoms with Crippen LogP contribution in [0, 0.1) is 13.8 Å². The molecule has 0 amide bonds. The van der Waals surface area contributed by atoms with Gasteiger partial charge in [0.1, 0.15) is 0 Å². The lowest BCUT2D eigenvalue weighted by Crippen LogP contribution is -2.31. The summed E-state index contributed by atoms with van der Waals surface area (Å²) in [5, 5.41) is 16.4. The SMILES string of the molecule is CCn1ccc(C(C)NC(=S)Nc2c(C)nn(Cc3ccccc3)c2C)n1. The Morgan fingerprint density at radius 2 is 1.89 bits per heavy atom. The lowest BCUT2D eigenvalue weighted by atomic mass is 10.2. The number of thiocarbonyl (C=S) groups is 1. The van der Waals surface area contributed by atoms with E-state index in [4.69, 9.17) is 12.2 Å². The zero-order valence-corrected chi connectivity index (χ0v) is 17.0. The molecular weight excluding hydrogens is 356 g/mol. The third-order valence-electron chi connectivity index (χ3n) is 4.57. The van der Waals surface area contributed by atoms with Crippen molar-refractivity contribution < 1.29 is 0 Å². The summed E-state index contributed by atoms with van der Waals surface area (Å²) in [6, 6.07) is 12.4. The molecule has 142 valence electrons. The number of hydrogen-bond acceptors (Lipinski definition) is 3. The second-order valence-corrected chi connectivity index (χ2v) is 7.01. The first-order valence-electron chi connectivity index (χ1n) is 9.16. The molecule has 2 heterocycles. The quantitative estimate of drug-likeness (QED) is 0.635. The first-order chi connectivity index (χ1) is 13.0. The maximum absolute atomic E-state index is 5.51. The van der Waals surface area contributed by atoms with Crippen molar-refractivity contribution in [2.75, 3.05) is 5.32 Å². The lowest BCUT2D eigenvalue weighted by Gasteiger charge is -2.15. The number of rotatable bonds is 6. The van der Waals surface area contributed by atoms with Gasteiger partial charge in [-0.15, -0.1) is 0 Å². The largest absolute Gasteiger partial charge is 0.354 e. The molecule has 0 saturated heterocycles. The Bertz CT molecular complexity index is 912. The number of hydrogen-bond donors (Lipinski definition) is 2. The van der Waals surface area contributed by atoms with Crippen molar-refractivity contribution >= 4 is 23.0 Å². The minimum Gasteiger partial charge on any atom is -0.354 e. The molecule has 1 aromatic carbocycles. The third kappa shape index (κ3) is 4.54. The van der Waals surface area contributed by atoms with Gasteiger partial charge in [0.05, 0.1) is 35.4 Å². The van der Waals surface area contributed by atoms with E-state index in [2.05, 4.69) is 53.7 Å². The summed E-state index contributed by atoms with van der Waals surface area (Å²) in [7, 11) is 0. The Morgan fingerprint density at radius 1 is 1.15 bits per heavy atom. The number of benzene rings is 1. The van der Waals surface area contributed by atoms with Crippen LogP contribution in [0.3, 0.4) is 0 Å². The Hall–Kier alpha value is -2.67. The summed E-state index contributed by atoms with van der Waals surface area (Å²) >= 11 is 5.51. The molecule has 6 nitrogen and oxygen atoms in total. The fraction of sp³-hybridized carbons (Fsp3) is 0.350. The van der Waals surface area contributed by atoms with E-state index in [1.165, 1.54) is 5.56 Å². The summed E-state index contributed by atoms with van der Waals surface area (Å²) < 4.78 is 3.91. The van der Waals surface area contributed by atoms with E-state index in [9.17, 15) is 0 Å². The molecular formula is C20H26N6S. The van der Waals surface area contributed by atoms with Crippen molar-refractivity contribution in [2.45, 2.75) is 46.8 Å². The zero-order valence-electron chi connectivity index (χ0n) is 16.2. The molecule has 0 fully saturated rings. The Morgan fingerprint density at radius 3 is 2.56 bits per heavy atom. The van der Waals surface area contributed by atoms with Crippen LogP contribution in [0.5, 0.6) is 0 Å². The Labute approximate surface area is 165 Å². The number of nitrogens with zero attached hydrogens (tertiary/aromatic N) is 4. The maximum atomic E-state index is 5.51. The van der Waals surface area contributed by atoms with Gasteiger partial charge in [-0.2, -0.15) is 10.2 Å². The van der Waals surface area contributed by atoms with Crippen LogP contribution in [0.1, 0.15) is 42.5 Å². The topological polar surface area (TPSA) is 59.7 Å². The van der Waals surface area contributed by atoms with Crippen LogP contribution in [0.15, 0.2) is 42.6 Å². The predicted octanol–water partition coefficient (Wildman–Crippen LogP) is 3.81. The molecule has 0 bridgehead atoms. The smallest absolute Gasteiger partial charge is 0.171 e. The van der Waals surface area contributed by atoms with E-state index in [0.29, 0.717) is 5.11 Å². The monoisotopic (exact) mass is 382 g/mol. The summed E-state index contributed by atoms with van der Waals surface area (Å²) in [4.78, 5) is 0. The highest BCUT2D eigenvalue weighted by atomic mass is 32.1. The summed E-state index contributed by atoms with van der Waals surface area (Å²) in [6.45, 7) is 9.76. The Balaban J connectivity index is 1.67. The fourth-order valence-corrected chi connectivity index (χ4v) is 3.27. The van der Waals surface area contributed by atoms with Crippen LogP contribution < -0.4 is 10.6 Å². The zero-order chi connectivity index (χ0) is 19.4. The van der Waals surface area contributed by atoms with Crippen LogP contribution in [-0.2, 0) is 13.1 Å². The summed E-state index contributed by atoms with van der Waals surface area (Å²) in [5.41, 5.74) is 5.12. The average Bonchev–Trinajstić information content (AvgIpc) is 3.23. The first kappa shape index (κ1) is 19.1. The van der Waals surface area contributed by atoms with Gasteiger partial charge < -0.3 is 10.6 Å². The average molecular weight is 383 g/mol. The van der Waals surface area contributed by atoms with Gasteiger partial charge in [0, 0.05) is 12.7 Å². The molecule has 2 aromatic heterocycles. The van der Waals surface area contributed by atoms with Gasteiger partial charge in [0.25, 0.3) is 0 Å². The van der Waals surface area contributed by atoms with Crippen LogP contribution in [0.2, 0.25) is 0 Å². The van der Waals surface area contributed by atoms with Crippen molar-refractivity contribution in [1.82, 2.24) is 24.9 Å². The number of aromatic nitrogens is 4. The van der Waals surface area contributed by atoms with E-state index < -0.39 is 0 Å². The minimum atomic E-state index is 0.0257. The van der Waals surface area contributed by atoms with Crippen LogP contribution in [0.25, 0.3) is 0 Å². The third-order valence-corrected chi connectivity index (χ3v) is 4.79. The van der Waals surface area contributed by atoms with E-state index >= 15 is 0 Å². The second-order valence-electron chi connectivity index (χ2n) is 6.61. The molecule has 0 aliphatic rings. The predicted molar refractivity (Wildman–Crippen MR) is 113 cm³/mol. The number of aryl methyl sites for hydroxylation is 2. The molecule has 1 atom stereocenters. The first-order valence-corrected chi connectivity index (χ1v) is 9.57. The molecule has 27 heavy (non-hydrogen) atoms. The number of nitrogens with one attached hydrogen (secondary N) is 2. The Kier molecular flexibility index (Phi) is 5.91. The van der Waals surface area contributed by atoms with Crippen molar-refractivity contribution in [3.05, 3.63) is 65.2 Å². The molecule has 7 heteroatoms. The molecule has 3 aromatic rings. The van der Waals surface area contributed by atoms with Crippen LogP contribution in [0.4, 0.5) is 5.69 Å². The molecule has 0 radical (unpaired) electrons. The van der Waals surface area contributed by atoms with Crippen molar-refractivity contribution in [2.24, 2.45) is 0 Å². The van der Waals surface area contributed by atoms with Gasteiger partial charge in [-0.05, 0) is 51.5 Å². The molecule has 0 aliphatic heterocycles. The van der Waals surface area contributed by atoms with Crippen LogP contribution >= 0.6 is 12.2 Å². The minimum absolute atomic E-state index is 0.0257. The van der Waals surface area contributed by atoms with Gasteiger partial charge in [-0.25, -0.2) is 0 Å². The van der Waals surface area contributed by atoms with Crippen molar-refractivity contribution in [3.63, 3.8) is 0 Å². The maximum Gasteiger partial charge on any atom is 0.171 e. The molecule has 0 spiro atoms. The van der Waals surface area contributed by atoms with E-state index in [0.717, 1.165) is 35.9 Å². The highest BCUT2D eigenvalue weighted by Gasteiger charge is 2.15. The normalized spacial score (nSPS) is 12.0. The van der Waals surface area contributed by atoms with Gasteiger partial charge in [0.15, 0.2) is 5.11 Å². The van der Waals surface area contributed by atoms with Gasteiger partial charge in [-0.3, -0.25) is 9.36 Å². The molecule has 2 N–H and O–H groups in total. The fourth-order valence-electron chi connectivity index (χ4n) is 2.99. The van der Waals surface area contributed by atoms with E-state index in [1.54, 1.807) is 0 Å². The lowest BCUT2D eigenvalue weighted by molar-refractivity contribution is 0.613. The van der Waals surface area contributed by atoms with Gasteiger partial charge >= 0.3 is 0 Å². The second kappa shape index (κ2) is 8.35. The standard InChI is InChI=1S/C20H26N6S/c1-5-25-12-11-18(24-25)14(2)21-20(27)22-19-15(3)23-26(16(19)4)13-17-9-7-6-8-10-17/h6-12,14H,5,13H2,1-4H3,(H2,21,22,27). The molecule has 3 rings (SSSR count). The molecule has 0 saturated carbocycles.